The maximum absolute atomic E-state index is 6.35. The number of hydrogen-bond acceptors (Lipinski definition) is 2. The maximum Gasteiger partial charge on any atom is 0.0876 e. The molecule has 2 rings (SSSR count). The van der Waals surface area contributed by atoms with Crippen molar-refractivity contribution in [3.63, 3.8) is 0 Å². The summed E-state index contributed by atoms with van der Waals surface area (Å²) >= 11 is 6.35. The lowest BCUT2D eigenvalue weighted by molar-refractivity contribution is -0.0909. The van der Waals surface area contributed by atoms with Gasteiger partial charge in [0.1, 0.15) is 0 Å². The van der Waals surface area contributed by atoms with E-state index in [0.29, 0.717) is 0 Å². The topological polar surface area (TPSA) is 21.3 Å². The molecule has 2 nitrogen and oxygen atoms in total. The van der Waals surface area contributed by atoms with Crippen LogP contribution in [0.15, 0.2) is 18.2 Å². The largest absolute Gasteiger partial charge is 0.373 e. The van der Waals surface area contributed by atoms with Crippen LogP contribution in [-0.4, -0.2) is 18.8 Å². The standard InChI is InChI=1S/C18H28ClNO/c1-4-20-17(15-10-9-14(3)16(19)13-15)18(21-5-2)11-7-6-8-12-18/h9-10,13,17,20H,4-8,11-12H2,1-3H3. The number of benzene rings is 1. The van der Waals surface area contributed by atoms with Gasteiger partial charge in [-0.3, -0.25) is 0 Å². The van der Waals surface area contributed by atoms with Crippen LogP contribution < -0.4 is 5.32 Å². The van der Waals surface area contributed by atoms with Gasteiger partial charge in [-0.05, 0) is 50.4 Å². The quantitative estimate of drug-likeness (QED) is 0.795. The zero-order valence-corrected chi connectivity index (χ0v) is 14.3. The van der Waals surface area contributed by atoms with Crippen molar-refractivity contribution in [3.8, 4) is 0 Å². The Morgan fingerprint density at radius 2 is 1.95 bits per heavy atom. The number of likely N-dealkylation sites (N-methyl/N-ethyl adjacent to an activating group) is 1. The molecule has 0 aliphatic heterocycles. The molecule has 0 bridgehead atoms. The third kappa shape index (κ3) is 3.80. The van der Waals surface area contributed by atoms with Crippen LogP contribution in [0.3, 0.4) is 0 Å². The average molecular weight is 310 g/mol. The van der Waals surface area contributed by atoms with Crippen LogP contribution in [-0.2, 0) is 4.74 Å². The van der Waals surface area contributed by atoms with Crippen molar-refractivity contribution in [1.82, 2.24) is 5.32 Å². The van der Waals surface area contributed by atoms with E-state index in [1.165, 1.54) is 24.8 Å². The summed E-state index contributed by atoms with van der Waals surface area (Å²) in [7, 11) is 0. The molecule has 21 heavy (non-hydrogen) atoms. The second kappa shape index (κ2) is 7.62. The van der Waals surface area contributed by atoms with Crippen LogP contribution in [0.1, 0.15) is 63.1 Å². The summed E-state index contributed by atoms with van der Waals surface area (Å²) in [5, 5.41) is 4.50. The Hall–Kier alpha value is -0.570. The molecule has 1 aliphatic rings. The first kappa shape index (κ1) is 16.8. The van der Waals surface area contributed by atoms with Gasteiger partial charge in [0.25, 0.3) is 0 Å². The van der Waals surface area contributed by atoms with E-state index in [-0.39, 0.29) is 11.6 Å². The minimum atomic E-state index is -0.0817. The lowest BCUT2D eigenvalue weighted by atomic mass is 9.76. The van der Waals surface area contributed by atoms with Crippen molar-refractivity contribution >= 4 is 11.6 Å². The number of halogens is 1. The molecule has 0 heterocycles. The lowest BCUT2D eigenvalue weighted by Crippen LogP contribution is -2.47. The van der Waals surface area contributed by atoms with Crippen molar-refractivity contribution < 1.29 is 4.74 Å². The molecule has 1 aliphatic carbocycles. The molecule has 1 atom stereocenters. The van der Waals surface area contributed by atoms with Crippen LogP contribution >= 0.6 is 11.6 Å². The molecule has 1 N–H and O–H groups in total. The molecule has 1 fully saturated rings. The summed E-state index contributed by atoms with van der Waals surface area (Å²) in [6.45, 7) is 8.01. The monoisotopic (exact) mass is 309 g/mol. The summed E-state index contributed by atoms with van der Waals surface area (Å²) in [5.74, 6) is 0. The Morgan fingerprint density at radius 3 is 2.52 bits per heavy atom. The predicted octanol–water partition coefficient (Wildman–Crippen LogP) is 5.04. The van der Waals surface area contributed by atoms with Gasteiger partial charge in [0, 0.05) is 11.6 Å². The zero-order valence-electron chi connectivity index (χ0n) is 13.5. The van der Waals surface area contributed by atoms with Crippen LogP contribution in [0.2, 0.25) is 5.02 Å². The molecule has 0 radical (unpaired) electrons. The molecule has 1 aromatic rings. The van der Waals surface area contributed by atoms with Gasteiger partial charge in [-0.2, -0.15) is 0 Å². The SMILES string of the molecule is CCNC(c1ccc(C)c(Cl)c1)C1(OCC)CCCCC1. The molecule has 1 saturated carbocycles. The highest BCUT2D eigenvalue weighted by molar-refractivity contribution is 6.31. The number of aryl methyl sites for hydroxylation is 1. The molecule has 3 heteroatoms. The van der Waals surface area contributed by atoms with E-state index in [2.05, 4.69) is 37.4 Å². The van der Waals surface area contributed by atoms with Crippen LogP contribution in [0.5, 0.6) is 0 Å². The Balaban J connectivity index is 2.36. The van der Waals surface area contributed by atoms with Crippen molar-refractivity contribution in [2.75, 3.05) is 13.2 Å². The maximum atomic E-state index is 6.35. The Bertz CT molecular complexity index is 449. The van der Waals surface area contributed by atoms with Crippen LogP contribution in [0.4, 0.5) is 0 Å². The van der Waals surface area contributed by atoms with E-state index in [1.807, 2.05) is 6.92 Å². The van der Waals surface area contributed by atoms with Crippen molar-refractivity contribution in [1.29, 1.82) is 0 Å². The fraction of sp³-hybridized carbons (Fsp3) is 0.667. The van der Waals surface area contributed by atoms with Gasteiger partial charge in [-0.1, -0.05) is 49.9 Å². The minimum Gasteiger partial charge on any atom is -0.373 e. The van der Waals surface area contributed by atoms with Gasteiger partial charge in [0.05, 0.1) is 11.6 Å². The van der Waals surface area contributed by atoms with E-state index in [1.54, 1.807) is 0 Å². The number of ether oxygens (including phenoxy) is 1. The number of rotatable bonds is 6. The fourth-order valence-electron chi connectivity index (χ4n) is 3.55. The first-order valence-corrected chi connectivity index (χ1v) is 8.64. The van der Waals surface area contributed by atoms with Crippen molar-refractivity contribution in [2.45, 2.75) is 64.5 Å². The molecule has 0 saturated heterocycles. The molecule has 118 valence electrons. The third-order valence-electron chi connectivity index (χ3n) is 4.60. The number of nitrogens with one attached hydrogen (secondary N) is 1. The smallest absolute Gasteiger partial charge is 0.0876 e. The highest BCUT2D eigenvalue weighted by atomic mass is 35.5. The van der Waals surface area contributed by atoms with Crippen LogP contribution in [0.25, 0.3) is 0 Å². The second-order valence-corrected chi connectivity index (χ2v) is 6.46. The Kier molecular flexibility index (Phi) is 6.09. The van der Waals surface area contributed by atoms with Crippen LogP contribution in [0, 0.1) is 6.92 Å². The molecule has 0 aromatic heterocycles. The molecule has 1 aromatic carbocycles. The summed E-state index contributed by atoms with van der Waals surface area (Å²) in [6.07, 6.45) is 6.08. The van der Waals surface area contributed by atoms with Gasteiger partial charge in [-0.25, -0.2) is 0 Å². The first-order chi connectivity index (χ1) is 10.1. The Morgan fingerprint density at radius 1 is 1.24 bits per heavy atom. The van der Waals surface area contributed by atoms with E-state index in [4.69, 9.17) is 16.3 Å². The van der Waals surface area contributed by atoms with E-state index in [9.17, 15) is 0 Å². The fourth-order valence-corrected chi connectivity index (χ4v) is 3.74. The van der Waals surface area contributed by atoms with Crippen molar-refractivity contribution in [3.05, 3.63) is 34.3 Å². The number of hydrogen-bond donors (Lipinski definition) is 1. The molecular formula is C18H28ClNO. The highest BCUT2D eigenvalue weighted by Crippen LogP contribution is 2.42. The van der Waals surface area contributed by atoms with Crippen molar-refractivity contribution in [2.24, 2.45) is 0 Å². The summed E-state index contributed by atoms with van der Waals surface area (Å²) in [6, 6.07) is 6.65. The average Bonchev–Trinajstić information content (AvgIpc) is 2.49. The second-order valence-electron chi connectivity index (χ2n) is 6.06. The van der Waals surface area contributed by atoms with E-state index in [0.717, 1.165) is 36.6 Å². The molecule has 0 amide bonds. The third-order valence-corrected chi connectivity index (χ3v) is 5.00. The molecule has 1 unspecified atom stereocenters. The first-order valence-electron chi connectivity index (χ1n) is 8.26. The molecule has 0 spiro atoms. The van der Waals surface area contributed by atoms with E-state index < -0.39 is 0 Å². The zero-order chi connectivity index (χ0) is 15.3. The lowest BCUT2D eigenvalue weighted by Gasteiger charge is -2.44. The van der Waals surface area contributed by atoms with Gasteiger partial charge >= 0.3 is 0 Å². The highest BCUT2D eigenvalue weighted by Gasteiger charge is 2.41. The van der Waals surface area contributed by atoms with Gasteiger partial charge < -0.3 is 10.1 Å². The predicted molar refractivity (Wildman–Crippen MR) is 90.0 cm³/mol. The summed E-state index contributed by atoms with van der Waals surface area (Å²) in [5.41, 5.74) is 2.30. The van der Waals surface area contributed by atoms with Gasteiger partial charge in [0.2, 0.25) is 0 Å². The summed E-state index contributed by atoms with van der Waals surface area (Å²) < 4.78 is 6.30. The molecular weight excluding hydrogens is 282 g/mol. The Labute approximate surface area is 134 Å². The normalized spacial score (nSPS) is 19.4. The van der Waals surface area contributed by atoms with E-state index >= 15 is 0 Å². The summed E-state index contributed by atoms with van der Waals surface area (Å²) in [4.78, 5) is 0. The van der Waals surface area contributed by atoms with Gasteiger partial charge in [-0.15, -0.1) is 0 Å². The minimum absolute atomic E-state index is 0.0817. The van der Waals surface area contributed by atoms with Gasteiger partial charge in [0.15, 0.2) is 0 Å².